The first kappa shape index (κ1) is 14.3. The average Bonchev–Trinajstić information content (AvgIpc) is 2.49. The van der Waals surface area contributed by atoms with Gasteiger partial charge in [0, 0.05) is 6.61 Å². The number of nitrogens with one attached hydrogen (secondary N) is 1. The Bertz CT molecular complexity index is 525. The van der Waals surface area contributed by atoms with Gasteiger partial charge in [0.15, 0.2) is 0 Å². The molecule has 0 saturated heterocycles. The molecule has 2 aromatic carbocycles. The van der Waals surface area contributed by atoms with Crippen molar-refractivity contribution in [1.82, 2.24) is 5.32 Å². The van der Waals surface area contributed by atoms with Gasteiger partial charge in [-0.3, -0.25) is 4.79 Å². The number of rotatable bonds is 6. The molecule has 0 fully saturated rings. The topological polar surface area (TPSA) is 49.3 Å². The molecular weight excluding hydrogens is 250 g/mol. The third-order valence-electron chi connectivity index (χ3n) is 3.16. The largest absolute Gasteiger partial charge is 0.396 e. The summed E-state index contributed by atoms with van der Waals surface area (Å²) in [6, 6.07) is 19.2. The molecule has 0 aromatic heterocycles. The van der Waals surface area contributed by atoms with E-state index in [4.69, 9.17) is 5.11 Å². The van der Waals surface area contributed by atoms with E-state index in [9.17, 15) is 4.79 Å². The summed E-state index contributed by atoms with van der Waals surface area (Å²) in [5.74, 6) is -0.0292. The van der Waals surface area contributed by atoms with Crippen LogP contribution in [0.2, 0.25) is 0 Å². The summed E-state index contributed by atoms with van der Waals surface area (Å²) in [5, 5.41) is 12.1. The van der Waals surface area contributed by atoms with Gasteiger partial charge in [-0.25, -0.2) is 0 Å². The molecule has 1 amide bonds. The quantitative estimate of drug-likeness (QED) is 0.846. The van der Waals surface area contributed by atoms with Crippen LogP contribution in [0.4, 0.5) is 0 Å². The lowest BCUT2D eigenvalue weighted by molar-refractivity contribution is -0.121. The van der Waals surface area contributed by atoms with Gasteiger partial charge in [-0.2, -0.15) is 0 Å². The SMILES string of the molecule is O=C(Cc1ccccc1)N[C@@H](CCO)c1ccccc1. The number of benzene rings is 2. The lowest BCUT2D eigenvalue weighted by Crippen LogP contribution is -2.30. The maximum atomic E-state index is 12.1. The van der Waals surface area contributed by atoms with Crippen LogP contribution < -0.4 is 5.32 Å². The number of aliphatic hydroxyl groups excluding tert-OH is 1. The molecule has 2 aromatic rings. The fourth-order valence-electron chi connectivity index (χ4n) is 2.16. The summed E-state index contributed by atoms with van der Waals surface area (Å²) in [6.07, 6.45) is 0.875. The molecule has 1 atom stereocenters. The Labute approximate surface area is 119 Å². The highest BCUT2D eigenvalue weighted by Crippen LogP contribution is 2.16. The third kappa shape index (κ3) is 4.21. The van der Waals surface area contributed by atoms with Crippen molar-refractivity contribution >= 4 is 5.91 Å². The van der Waals surface area contributed by atoms with E-state index in [0.717, 1.165) is 11.1 Å². The van der Waals surface area contributed by atoms with Crippen molar-refractivity contribution in [2.75, 3.05) is 6.61 Å². The highest BCUT2D eigenvalue weighted by Gasteiger charge is 2.13. The second kappa shape index (κ2) is 7.46. The number of hydrogen-bond donors (Lipinski definition) is 2. The van der Waals surface area contributed by atoms with Crippen LogP contribution in [0.25, 0.3) is 0 Å². The van der Waals surface area contributed by atoms with Gasteiger partial charge in [0.05, 0.1) is 12.5 Å². The molecule has 0 unspecified atom stereocenters. The highest BCUT2D eigenvalue weighted by molar-refractivity contribution is 5.79. The zero-order valence-electron chi connectivity index (χ0n) is 11.3. The molecule has 0 saturated carbocycles. The summed E-state index contributed by atoms with van der Waals surface area (Å²) in [7, 11) is 0. The van der Waals surface area contributed by atoms with Crippen molar-refractivity contribution in [3.05, 3.63) is 71.8 Å². The van der Waals surface area contributed by atoms with Crippen molar-refractivity contribution < 1.29 is 9.90 Å². The van der Waals surface area contributed by atoms with Crippen LogP contribution in [0.3, 0.4) is 0 Å². The van der Waals surface area contributed by atoms with Crippen molar-refractivity contribution in [3.63, 3.8) is 0 Å². The summed E-state index contributed by atoms with van der Waals surface area (Å²) in [6.45, 7) is 0.0468. The summed E-state index contributed by atoms with van der Waals surface area (Å²) in [4.78, 5) is 12.1. The molecule has 0 spiro atoms. The molecule has 3 heteroatoms. The van der Waals surface area contributed by atoms with Crippen LogP contribution in [0.15, 0.2) is 60.7 Å². The lowest BCUT2D eigenvalue weighted by atomic mass is 10.0. The third-order valence-corrected chi connectivity index (χ3v) is 3.16. The maximum absolute atomic E-state index is 12.1. The molecule has 3 nitrogen and oxygen atoms in total. The number of amides is 1. The average molecular weight is 269 g/mol. The second-order valence-electron chi connectivity index (χ2n) is 4.71. The molecule has 2 rings (SSSR count). The van der Waals surface area contributed by atoms with Gasteiger partial charge in [-0.1, -0.05) is 60.7 Å². The predicted molar refractivity (Wildman–Crippen MR) is 79.2 cm³/mol. The normalized spacial score (nSPS) is 11.8. The van der Waals surface area contributed by atoms with E-state index in [1.807, 2.05) is 60.7 Å². The highest BCUT2D eigenvalue weighted by atomic mass is 16.3. The molecule has 20 heavy (non-hydrogen) atoms. The van der Waals surface area contributed by atoms with Gasteiger partial charge in [0.25, 0.3) is 0 Å². The van der Waals surface area contributed by atoms with Gasteiger partial charge in [-0.15, -0.1) is 0 Å². The van der Waals surface area contributed by atoms with Crippen LogP contribution in [0.5, 0.6) is 0 Å². The van der Waals surface area contributed by atoms with Gasteiger partial charge in [0.1, 0.15) is 0 Å². The molecule has 0 radical (unpaired) electrons. The molecule has 0 aliphatic carbocycles. The van der Waals surface area contributed by atoms with Crippen molar-refractivity contribution in [2.45, 2.75) is 18.9 Å². The van der Waals surface area contributed by atoms with E-state index in [1.54, 1.807) is 0 Å². The second-order valence-corrected chi connectivity index (χ2v) is 4.71. The fourth-order valence-corrected chi connectivity index (χ4v) is 2.16. The van der Waals surface area contributed by atoms with Crippen molar-refractivity contribution in [3.8, 4) is 0 Å². The van der Waals surface area contributed by atoms with Gasteiger partial charge in [-0.05, 0) is 17.5 Å². The first-order valence-electron chi connectivity index (χ1n) is 6.78. The first-order chi connectivity index (χ1) is 9.79. The van der Waals surface area contributed by atoms with E-state index in [1.165, 1.54) is 0 Å². The molecular formula is C17H19NO2. The van der Waals surface area contributed by atoms with E-state index >= 15 is 0 Å². The predicted octanol–water partition coefficient (Wildman–Crippen LogP) is 2.47. The summed E-state index contributed by atoms with van der Waals surface area (Å²) in [5.41, 5.74) is 2.00. The van der Waals surface area contributed by atoms with Crippen LogP contribution in [-0.2, 0) is 11.2 Å². The van der Waals surface area contributed by atoms with Crippen LogP contribution in [0, 0.1) is 0 Å². The standard InChI is InChI=1S/C17H19NO2/c19-12-11-16(15-9-5-2-6-10-15)18-17(20)13-14-7-3-1-4-8-14/h1-10,16,19H,11-13H2,(H,18,20)/t16-/m0/s1. The van der Waals surface area contributed by atoms with E-state index in [-0.39, 0.29) is 18.6 Å². The van der Waals surface area contributed by atoms with E-state index in [0.29, 0.717) is 12.8 Å². The molecule has 104 valence electrons. The Morgan fingerprint density at radius 2 is 1.60 bits per heavy atom. The monoisotopic (exact) mass is 269 g/mol. The Morgan fingerprint density at radius 3 is 2.20 bits per heavy atom. The molecule has 0 bridgehead atoms. The zero-order chi connectivity index (χ0) is 14.2. The minimum Gasteiger partial charge on any atom is -0.396 e. The molecule has 2 N–H and O–H groups in total. The van der Waals surface area contributed by atoms with Crippen molar-refractivity contribution in [1.29, 1.82) is 0 Å². The number of aliphatic hydroxyl groups is 1. The van der Waals surface area contributed by atoms with Crippen LogP contribution >= 0.6 is 0 Å². The zero-order valence-corrected chi connectivity index (χ0v) is 11.3. The lowest BCUT2D eigenvalue weighted by Gasteiger charge is -2.18. The smallest absolute Gasteiger partial charge is 0.224 e. The van der Waals surface area contributed by atoms with Gasteiger partial charge in [0.2, 0.25) is 5.91 Å². The molecule has 0 heterocycles. The Hall–Kier alpha value is -2.13. The fraction of sp³-hybridized carbons (Fsp3) is 0.235. The first-order valence-corrected chi connectivity index (χ1v) is 6.78. The van der Waals surface area contributed by atoms with Crippen molar-refractivity contribution in [2.24, 2.45) is 0 Å². The Morgan fingerprint density at radius 1 is 1.00 bits per heavy atom. The van der Waals surface area contributed by atoms with Crippen LogP contribution in [0.1, 0.15) is 23.6 Å². The van der Waals surface area contributed by atoms with Gasteiger partial charge >= 0.3 is 0 Å². The molecule has 0 aliphatic heterocycles. The summed E-state index contributed by atoms with van der Waals surface area (Å²) >= 11 is 0. The Balaban J connectivity index is 1.99. The Kier molecular flexibility index (Phi) is 5.33. The number of hydrogen-bond acceptors (Lipinski definition) is 2. The number of carbonyl (C=O) groups is 1. The number of carbonyl (C=O) groups excluding carboxylic acids is 1. The van der Waals surface area contributed by atoms with E-state index < -0.39 is 0 Å². The summed E-state index contributed by atoms with van der Waals surface area (Å²) < 4.78 is 0. The van der Waals surface area contributed by atoms with Gasteiger partial charge < -0.3 is 10.4 Å². The maximum Gasteiger partial charge on any atom is 0.224 e. The minimum atomic E-state index is -0.141. The van der Waals surface area contributed by atoms with Crippen LogP contribution in [-0.4, -0.2) is 17.6 Å². The van der Waals surface area contributed by atoms with E-state index in [2.05, 4.69) is 5.32 Å². The minimum absolute atomic E-state index is 0.0292. The molecule has 0 aliphatic rings.